The highest BCUT2D eigenvalue weighted by atomic mass is 16.5. The predicted octanol–water partition coefficient (Wildman–Crippen LogP) is 1.82. The van der Waals surface area contributed by atoms with Crippen LogP contribution >= 0.6 is 0 Å². The van der Waals surface area contributed by atoms with Crippen molar-refractivity contribution in [2.45, 2.75) is 38.6 Å². The number of carbonyl (C=O) groups is 3. The zero-order valence-electron chi connectivity index (χ0n) is 16.1. The fourth-order valence-electron chi connectivity index (χ4n) is 3.12. The lowest BCUT2D eigenvalue weighted by Gasteiger charge is -2.29. The van der Waals surface area contributed by atoms with Crippen molar-refractivity contribution in [3.8, 4) is 11.5 Å². The molecule has 1 aromatic carbocycles. The molecule has 0 aromatic heterocycles. The van der Waals surface area contributed by atoms with Gasteiger partial charge in [0, 0.05) is 30.3 Å². The number of methoxy groups -OCH3 is 2. The van der Waals surface area contributed by atoms with Crippen LogP contribution in [-0.2, 0) is 14.4 Å². The number of carboxylic acid groups (broad SMARTS) is 1. The van der Waals surface area contributed by atoms with Gasteiger partial charge in [-0.15, -0.1) is 0 Å². The summed E-state index contributed by atoms with van der Waals surface area (Å²) in [6.45, 7) is 3.74. The first-order chi connectivity index (χ1) is 12.7. The standard InChI is InChI=1S/C19H26N2O6/c1-5-19(2,10-17(23)24)20-18(25)12-8-16(22)21(11-12)13-6-7-14(26-3)15(9-13)27-4/h6-7,9,12H,5,8,10-11H2,1-4H3,(H,20,25)(H,23,24). The number of anilines is 1. The van der Waals surface area contributed by atoms with Gasteiger partial charge in [0.15, 0.2) is 11.5 Å². The molecule has 1 fully saturated rings. The largest absolute Gasteiger partial charge is 0.493 e. The van der Waals surface area contributed by atoms with Crippen molar-refractivity contribution in [3.05, 3.63) is 18.2 Å². The lowest BCUT2D eigenvalue weighted by Crippen LogP contribution is -2.49. The van der Waals surface area contributed by atoms with E-state index in [1.807, 2.05) is 6.92 Å². The molecule has 0 radical (unpaired) electrons. The molecule has 2 N–H and O–H groups in total. The maximum Gasteiger partial charge on any atom is 0.305 e. The number of nitrogens with zero attached hydrogens (tertiary/aromatic N) is 1. The second-order valence-corrected chi connectivity index (χ2v) is 6.92. The SMILES string of the molecule is CCC(C)(CC(=O)O)NC(=O)C1CC(=O)N(c2ccc(OC)c(OC)c2)C1. The third-order valence-electron chi connectivity index (χ3n) is 4.92. The average molecular weight is 378 g/mol. The Labute approximate surface area is 158 Å². The van der Waals surface area contributed by atoms with Crippen molar-refractivity contribution in [1.82, 2.24) is 5.32 Å². The van der Waals surface area contributed by atoms with Crippen LogP contribution in [0.4, 0.5) is 5.69 Å². The van der Waals surface area contributed by atoms with Gasteiger partial charge >= 0.3 is 5.97 Å². The fourth-order valence-corrected chi connectivity index (χ4v) is 3.12. The molecule has 8 heteroatoms. The number of aliphatic carboxylic acids is 1. The summed E-state index contributed by atoms with van der Waals surface area (Å²) < 4.78 is 10.5. The van der Waals surface area contributed by atoms with Gasteiger partial charge in [0.2, 0.25) is 11.8 Å². The highest BCUT2D eigenvalue weighted by molar-refractivity contribution is 6.00. The molecule has 2 amide bonds. The minimum atomic E-state index is -0.978. The molecular weight excluding hydrogens is 352 g/mol. The van der Waals surface area contributed by atoms with Gasteiger partial charge in [0.1, 0.15) is 0 Å². The second-order valence-electron chi connectivity index (χ2n) is 6.92. The molecule has 0 bridgehead atoms. The lowest BCUT2D eigenvalue weighted by molar-refractivity contribution is -0.139. The van der Waals surface area contributed by atoms with Crippen LogP contribution in [0.3, 0.4) is 0 Å². The number of hydrogen-bond donors (Lipinski definition) is 2. The first-order valence-electron chi connectivity index (χ1n) is 8.79. The number of benzene rings is 1. The van der Waals surface area contributed by atoms with E-state index in [4.69, 9.17) is 14.6 Å². The Hall–Kier alpha value is -2.77. The van der Waals surface area contributed by atoms with E-state index in [1.165, 1.54) is 19.1 Å². The topological polar surface area (TPSA) is 105 Å². The van der Waals surface area contributed by atoms with Gasteiger partial charge in [-0.05, 0) is 25.5 Å². The van der Waals surface area contributed by atoms with Crippen molar-refractivity contribution in [2.24, 2.45) is 5.92 Å². The second kappa shape index (κ2) is 8.28. The monoisotopic (exact) mass is 378 g/mol. The van der Waals surface area contributed by atoms with Crippen molar-refractivity contribution < 1.29 is 29.0 Å². The molecule has 148 valence electrons. The molecule has 8 nitrogen and oxygen atoms in total. The summed E-state index contributed by atoms with van der Waals surface area (Å²) in [6, 6.07) is 5.13. The molecule has 2 unspecified atom stereocenters. The summed E-state index contributed by atoms with van der Waals surface area (Å²) in [5, 5.41) is 11.9. The van der Waals surface area contributed by atoms with E-state index < -0.39 is 17.4 Å². The van der Waals surface area contributed by atoms with Gasteiger partial charge in [0.05, 0.1) is 26.6 Å². The van der Waals surface area contributed by atoms with E-state index in [0.29, 0.717) is 23.6 Å². The summed E-state index contributed by atoms with van der Waals surface area (Å²) in [6.07, 6.45) is 0.382. The van der Waals surface area contributed by atoms with Crippen LogP contribution in [0.15, 0.2) is 18.2 Å². The number of rotatable bonds is 8. The molecule has 27 heavy (non-hydrogen) atoms. The molecule has 2 atom stereocenters. The normalized spacial score (nSPS) is 18.7. The minimum absolute atomic E-state index is 0.0764. The molecule has 1 aliphatic rings. The Morgan fingerprint density at radius 2 is 1.96 bits per heavy atom. The lowest BCUT2D eigenvalue weighted by atomic mass is 9.93. The third kappa shape index (κ3) is 4.69. The number of amides is 2. The van der Waals surface area contributed by atoms with Crippen LogP contribution in [-0.4, -0.2) is 49.2 Å². The summed E-state index contributed by atoms with van der Waals surface area (Å²) in [5.74, 6) is -0.944. The van der Waals surface area contributed by atoms with Crippen LogP contribution in [0.25, 0.3) is 0 Å². The molecule has 1 aromatic rings. The number of nitrogens with one attached hydrogen (secondary N) is 1. The Morgan fingerprint density at radius 1 is 1.30 bits per heavy atom. The maximum atomic E-state index is 12.6. The number of hydrogen-bond acceptors (Lipinski definition) is 5. The van der Waals surface area contributed by atoms with Gasteiger partial charge in [0.25, 0.3) is 0 Å². The number of carboxylic acids is 1. The van der Waals surface area contributed by atoms with E-state index in [2.05, 4.69) is 5.32 Å². The van der Waals surface area contributed by atoms with E-state index in [1.54, 1.807) is 25.1 Å². The fraction of sp³-hybridized carbons (Fsp3) is 0.526. The summed E-state index contributed by atoms with van der Waals surface area (Å²) in [4.78, 5) is 37.6. The Morgan fingerprint density at radius 3 is 2.52 bits per heavy atom. The molecule has 0 spiro atoms. The van der Waals surface area contributed by atoms with Crippen molar-refractivity contribution in [1.29, 1.82) is 0 Å². The molecule has 0 aliphatic carbocycles. The molecule has 1 heterocycles. The van der Waals surface area contributed by atoms with Gasteiger partial charge < -0.3 is 24.8 Å². The summed E-state index contributed by atoms with van der Waals surface area (Å²) >= 11 is 0. The predicted molar refractivity (Wildman–Crippen MR) is 99.1 cm³/mol. The zero-order chi connectivity index (χ0) is 20.2. The number of carbonyl (C=O) groups excluding carboxylic acids is 2. The van der Waals surface area contributed by atoms with Gasteiger partial charge in [-0.25, -0.2) is 0 Å². The Bertz CT molecular complexity index is 735. The first-order valence-corrected chi connectivity index (χ1v) is 8.79. The highest BCUT2D eigenvalue weighted by Crippen LogP contribution is 2.34. The van der Waals surface area contributed by atoms with Crippen molar-refractivity contribution in [3.63, 3.8) is 0 Å². The highest BCUT2D eigenvalue weighted by Gasteiger charge is 2.38. The average Bonchev–Trinajstić information content (AvgIpc) is 3.02. The van der Waals surface area contributed by atoms with Crippen LogP contribution in [0.5, 0.6) is 11.5 Å². The van der Waals surface area contributed by atoms with E-state index >= 15 is 0 Å². The van der Waals surface area contributed by atoms with E-state index in [0.717, 1.165) is 0 Å². The Balaban J connectivity index is 2.12. The van der Waals surface area contributed by atoms with Crippen LogP contribution in [0.2, 0.25) is 0 Å². The zero-order valence-corrected chi connectivity index (χ0v) is 16.1. The van der Waals surface area contributed by atoms with Gasteiger partial charge in [-0.1, -0.05) is 6.92 Å². The minimum Gasteiger partial charge on any atom is -0.493 e. The Kier molecular flexibility index (Phi) is 6.30. The quantitative estimate of drug-likeness (QED) is 0.715. The van der Waals surface area contributed by atoms with Crippen molar-refractivity contribution in [2.75, 3.05) is 25.7 Å². The number of ether oxygens (including phenoxy) is 2. The van der Waals surface area contributed by atoms with Crippen LogP contribution < -0.4 is 19.7 Å². The molecule has 0 saturated carbocycles. The molecular formula is C19H26N2O6. The summed E-state index contributed by atoms with van der Waals surface area (Å²) in [5.41, 5.74) is -0.223. The van der Waals surface area contributed by atoms with E-state index in [-0.39, 0.29) is 31.2 Å². The smallest absolute Gasteiger partial charge is 0.305 e. The van der Waals surface area contributed by atoms with E-state index in [9.17, 15) is 14.4 Å². The molecule has 1 aliphatic heterocycles. The van der Waals surface area contributed by atoms with Crippen molar-refractivity contribution >= 4 is 23.5 Å². The van der Waals surface area contributed by atoms with Gasteiger partial charge in [-0.2, -0.15) is 0 Å². The first kappa shape index (κ1) is 20.5. The maximum absolute atomic E-state index is 12.6. The molecule has 1 saturated heterocycles. The summed E-state index contributed by atoms with van der Waals surface area (Å²) in [7, 11) is 3.04. The van der Waals surface area contributed by atoms with Crippen LogP contribution in [0, 0.1) is 5.92 Å². The molecule has 2 rings (SSSR count). The van der Waals surface area contributed by atoms with Gasteiger partial charge in [-0.3, -0.25) is 14.4 Å². The van der Waals surface area contributed by atoms with Crippen LogP contribution in [0.1, 0.15) is 33.1 Å². The third-order valence-corrected chi connectivity index (χ3v) is 4.92.